The number of aromatic nitrogens is 2. The molecular formula is C21H23N5O2. The largest absolute Gasteiger partial charge is 0.474 e. The monoisotopic (exact) mass is 377 g/mol. The third kappa shape index (κ3) is 3.71. The molecule has 2 heterocycles. The lowest BCUT2D eigenvalue weighted by Crippen LogP contribution is -2.23. The number of H-pyrrole nitrogens is 1. The summed E-state index contributed by atoms with van der Waals surface area (Å²) >= 11 is 0. The Morgan fingerprint density at radius 2 is 1.79 bits per heavy atom. The van der Waals surface area contributed by atoms with Gasteiger partial charge in [0.25, 0.3) is 0 Å². The summed E-state index contributed by atoms with van der Waals surface area (Å²) in [6.07, 6.45) is 0.143. The van der Waals surface area contributed by atoms with E-state index in [2.05, 4.69) is 27.7 Å². The van der Waals surface area contributed by atoms with Gasteiger partial charge in [0.2, 0.25) is 5.88 Å². The van der Waals surface area contributed by atoms with E-state index in [9.17, 15) is 10.5 Å². The molecule has 1 aromatic carbocycles. The van der Waals surface area contributed by atoms with Crippen molar-refractivity contribution in [1.29, 1.82) is 10.5 Å². The minimum Gasteiger partial charge on any atom is -0.474 e. The summed E-state index contributed by atoms with van der Waals surface area (Å²) in [5, 5.41) is 30.5. The van der Waals surface area contributed by atoms with Crippen LogP contribution in [0, 0.1) is 22.7 Å². The highest BCUT2D eigenvalue weighted by molar-refractivity contribution is 5.85. The van der Waals surface area contributed by atoms with Gasteiger partial charge in [0.1, 0.15) is 6.61 Å². The molecule has 28 heavy (non-hydrogen) atoms. The van der Waals surface area contributed by atoms with Gasteiger partial charge in [0.05, 0.1) is 52.8 Å². The van der Waals surface area contributed by atoms with Crippen molar-refractivity contribution in [2.45, 2.75) is 39.7 Å². The van der Waals surface area contributed by atoms with E-state index in [4.69, 9.17) is 9.47 Å². The average molecular weight is 377 g/mol. The van der Waals surface area contributed by atoms with Gasteiger partial charge in [-0.2, -0.15) is 10.5 Å². The number of nitrogens with zero attached hydrogens (tertiary/aromatic N) is 3. The van der Waals surface area contributed by atoms with Gasteiger partial charge in [0.15, 0.2) is 0 Å². The van der Waals surface area contributed by atoms with E-state index in [1.807, 2.05) is 45.9 Å². The molecule has 7 heteroatoms. The first-order chi connectivity index (χ1) is 13.5. The maximum Gasteiger partial charge on any atom is 0.240 e. The summed E-state index contributed by atoms with van der Waals surface area (Å²) in [5.74, 6) is 0.0734. The van der Waals surface area contributed by atoms with Gasteiger partial charge in [-0.15, -0.1) is 5.10 Å². The van der Waals surface area contributed by atoms with Crippen LogP contribution in [0.15, 0.2) is 40.7 Å². The van der Waals surface area contributed by atoms with Crippen LogP contribution in [-0.4, -0.2) is 29.5 Å². The van der Waals surface area contributed by atoms with Crippen LogP contribution in [0.5, 0.6) is 5.88 Å². The maximum absolute atomic E-state index is 9.67. The van der Waals surface area contributed by atoms with Gasteiger partial charge in [0, 0.05) is 11.4 Å². The predicted molar refractivity (Wildman–Crippen MR) is 105 cm³/mol. The molecule has 144 valence electrons. The van der Waals surface area contributed by atoms with E-state index in [1.54, 1.807) is 0 Å². The number of fused-ring (bicyclic) bond motifs is 1. The summed E-state index contributed by atoms with van der Waals surface area (Å²) in [7, 11) is 0. The van der Waals surface area contributed by atoms with Crippen molar-refractivity contribution < 1.29 is 9.47 Å². The molecule has 0 aliphatic carbocycles. The number of dihydropyridines is 1. The van der Waals surface area contributed by atoms with E-state index < -0.39 is 5.92 Å². The van der Waals surface area contributed by atoms with Crippen molar-refractivity contribution in [3.05, 3.63) is 46.3 Å². The second kappa shape index (κ2) is 8.16. The molecule has 0 amide bonds. The zero-order valence-corrected chi connectivity index (χ0v) is 16.5. The van der Waals surface area contributed by atoms with Crippen molar-refractivity contribution >= 4 is 10.9 Å². The lowest BCUT2D eigenvalue weighted by molar-refractivity contribution is 0.0546. The standard InChI is InChI=1S/C21H23N5O2/c1-12(2)27-7-8-28-21-16-9-15(5-6-19(16)25-26-21)20-17(10-22)13(3)24-14(4)18(20)11-23/h5-6,9,12,20,24H,7-8H2,1-4H3,(H,25,26). The topological polar surface area (TPSA) is 107 Å². The lowest BCUT2D eigenvalue weighted by atomic mass is 9.81. The fourth-order valence-electron chi connectivity index (χ4n) is 3.34. The van der Waals surface area contributed by atoms with Crippen LogP contribution in [0.1, 0.15) is 39.2 Å². The molecule has 2 aromatic rings. The Kier molecular flexibility index (Phi) is 5.67. The van der Waals surface area contributed by atoms with Gasteiger partial charge in [-0.1, -0.05) is 6.07 Å². The number of hydrogen-bond donors (Lipinski definition) is 2. The van der Waals surface area contributed by atoms with Crippen molar-refractivity contribution in [1.82, 2.24) is 15.5 Å². The molecule has 0 atom stereocenters. The van der Waals surface area contributed by atoms with E-state index >= 15 is 0 Å². The van der Waals surface area contributed by atoms with Crippen LogP contribution in [0.4, 0.5) is 0 Å². The van der Waals surface area contributed by atoms with Crippen molar-refractivity contribution in [3.63, 3.8) is 0 Å². The summed E-state index contributed by atoms with van der Waals surface area (Å²) in [4.78, 5) is 0. The second-order valence-electron chi connectivity index (χ2n) is 6.96. The molecule has 0 spiro atoms. The fraction of sp³-hybridized carbons (Fsp3) is 0.381. The highest BCUT2D eigenvalue weighted by Gasteiger charge is 2.29. The molecule has 1 aromatic heterocycles. The summed E-state index contributed by atoms with van der Waals surface area (Å²) in [5.41, 5.74) is 4.29. The van der Waals surface area contributed by atoms with Crippen molar-refractivity contribution in [2.75, 3.05) is 13.2 Å². The number of nitriles is 2. The van der Waals surface area contributed by atoms with Crippen LogP contribution < -0.4 is 10.1 Å². The highest BCUT2D eigenvalue weighted by atomic mass is 16.5. The molecule has 0 saturated heterocycles. The Morgan fingerprint density at radius 3 is 2.39 bits per heavy atom. The number of nitrogens with one attached hydrogen (secondary N) is 2. The van der Waals surface area contributed by atoms with Gasteiger partial charge in [-0.05, 0) is 45.4 Å². The van der Waals surface area contributed by atoms with Gasteiger partial charge in [-0.3, -0.25) is 5.10 Å². The molecule has 2 N–H and O–H groups in total. The lowest BCUT2D eigenvalue weighted by Gasteiger charge is -2.26. The van der Waals surface area contributed by atoms with Gasteiger partial charge in [-0.25, -0.2) is 0 Å². The van der Waals surface area contributed by atoms with Crippen LogP contribution in [-0.2, 0) is 4.74 Å². The van der Waals surface area contributed by atoms with E-state index in [-0.39, 0.29) is 6.10 Å². The molecule has 0 saturated carbocycles. The Morgan fingerprint density at radius 1 is 1.11 bits per heavy atom. The number of rotatable bonds is 6. The van der Waals surface area contributed by atoms with Crippen LogP contribution in [0.25, 0.3) is 10.9 Å². The first kappa shape index (κ1) is 19.5. The zero-order chi connectivity index (χ0) is 20.3. The predicted octanol–water partition coefficient (Wildman–Crippen LogP) is 3.65. The smallest absolute Gasteiger partial charge is 0.240 e. The molecule has 0 bridgehead atoms. The molecule has 0 radical (unpaired) electrons. The third-order valence-corrected chi connectivity index (χ3v) is 4.66. The quantitative estimate of drug-likeness (QED) is 0.744. The van der Waals surface area contributed by atoms with E-state index in [1.165, 1.54) is 0 Å². The Labute approximate surface area is 164 Å². The molecule has 3 rings (SSSR count). The second-order valence-corrected chi connectivity index (χ2v) is 6.96. The molecule has 0 fully saturated rings. The van der Waals surface area contributed by atoms with E-state index in [0.717, 1.165) is 27.9 Å². The average Bonchev–Trinajstić information content (AvgIpc) is 3.06. The SMILES string of the molecule is CC1=C(C#N)C(c2ccc3[nH]nc(OCCOC(C)C)c3c2)C(C#N)=C(C)N1. The highest BCUT2D eigenvalue weighted by Crippen LogP contribution is 2.38. The summed E-state index contributed by atoms with van der Waals surface area (Å²) in [6, 6.07) is 10.3. The van der Waals surface area contributed by atoms with Crippen LogP contribution in [0.3, 0.4) is 0 Å². The molecule has 1 aliphatic heterocycles. The first-order valence-corrected chi connectivity index (χ1v) is 9.17. The number of ether oxygens (including phenoxy) is 2. The van der Waals surface area contributed by atoms with E-state index in [0.29, 0.717) is 30.2 Å². The molecule has 0 unspecified atom stereocenters. The molecule has 1 aliphatic rings. The Hall–Kier alpha value is -3.29. The number of allylic oxidation sites excluding steroid dienone is 4. The summed E-state index contributed by atoms with van der Waals surface area (Å²) < 4.78 is 11.3. The van der Waals surface area contributed by atoms with Crippen LogP contribution in [0.2, 0.25) is 0 Å². The zero-order valence-electron chi connectivity index (χ0n) is 16.5. The number of hydrogen-bond acceptors (Lipinski definition) is 6. The van der Waals surface area contributed by atoms with Gasteiger partial charge >= 0.3 is 0 Å². The summed E-state index contributed by atoms with van der Waals surface area (Å²) in [6.45, 7) is 8.51. The first-order valence-electron chi connectivity index (χ1n) is 9.17. The van der Waals surface area contributed by atoms with Crippen LogP contribution >= 0.6 is 0 Å². The Balaban J connectivity index is 1.97. The third-order valence-electron chi connectivity index (χ3n) is 4.66. The fourth-order valence-corrected chi connectivity index (χ4v) is 3.34. The minimum absolute atomic E-state index is 0.143. The normalized spacial score (nSPS) is 15.0. The molecular weight excluding hydrogens is 354 g/mol. The maximum atomic E-state index is 9.67. The molecule has 7 nitrogen and oxygen atoms in total. The number of aromatic amines is 1. The Bertz CT molecular complexity index is 997. The van der Waals surface area contributed by atoms with Crippen molar-refractivity contribution in [3.8, 4) is 18.0 Å². The van der Waals surface area contributed by atoms with Gasteiger partial charge < -0.3 is 14.8 Å². The minimum atomic E-state index is -0.410. The van der Waals surface area contributed by atoms with Crippen molar-refractivity contribution in [2.24, 2.45) is 0 Å². The number of benzene rings is 1.